The summed E-state index contributed by atoms with van der Waals surface area (Å²) in [4.78, 5) is 146. The van der Waals surface area contributed by atoms with E-state index >= 15 is 0 Å². The minimum Gasteiger partial charge on any atom is -0.493 e. The molecule has 2 aromatic rings. The molecule has 2 fully saturated rings. The smallest absolute Gasteiger partial charge is 0.308 e. The van der Waals surface area contributed by atoms with Gasteiger partial charge in [0.15, 0.2) is 0 Å². The number of aliphatic carboxylic acids is 1. The molecule has 0 bridgehead atoms. The van der Waals surface area contributed by atoms with Crippen molar-refractivity contribution in [1.29, 1.82) is 0 Å². The topological polar surface area (TPSA) is 307 Å². The third-order valence-electron chi connectivity index (χ3n) is 10.2. The maximum absolute atomic E-state index is 13.0. The van der Waals surface area contributed by atoms with Gasteiger partial charge in [0.2, 0.25) is 35.4 Å². The second-order valence-electron chi connectivity index (χ2n) is 16.3. The highest BCUT2D eigenvalue weighted by Gasteiger charge is 2.47. The van der Waals surface area contributed by atoms with Crippen molar-refractivity contribution in [3.63, 3.8) is 0 Å². The third kappa shape index (κ3) is 12.6. The quantitative estimate of drug-likeness (QED) is 0.0789. The number of imide groups is 4. The number of carbonyl (C=O) groups is 12. The van der Waals surface area contributed by atoms with Gasteiger partial charge in [-0.15, -0.1) is 0 Å². The van der Waals surface area contributed by atoms with Crippen molar-refractivity contribution in [3.8, 4) is 11.5 Å². The number of hydrogen-bond donors (Lipinski definition) is 5. The molecule has 352 valence electrons. The highest BCUT2D eigenvalue weighted by molar-refractivity contribution is 6.25. The summed E-state index contributed by atoms with van der Waals surface area (Å²) in [5.41, 5.74) is -0.246. The van der Waals surface area contributed by atoms with Crippen LogP contribution in [0.2, 0.25) is 0 Å². The Labute approximate surface area is 377 Å². The van der Waals surface area contributed by atoms with E-state index in [0.717, 1.165) is 9.80 Å². The van der Waals surface area contributed by atoms with Crippen molar-refractivity contribution in [3.05, 3.63) is 58.7 Å². The minimum absolute atomic E-state index is 0.0295. The zero-order valence-corrected chi connectivity index (χ0v) is 36.5. The number of hydrogen-bond acceptors (Lipinski definition) is 15. The molecule has 0 saturated carbocycles. The molecule has 2 atom stereocenters. The van der Waals surface area contributed by atoms with Gasteiger partial charge in [0.25, 0.3) is 23.6 Å². The number of ether oxygens (including phenoxy) is 3. The molecule has 2 unspecified atom stereocenters. The van der Waals surface area contributed by atoms with Gasteiger partial charge in [0, 0.05) is 38.8 Å². The first-order valence-corrected chi connectivity index (χ1v) is 21.2. The summed E-state index contributed by atoms with van der Waals surface area (Å²) in [6.07, 6.45) is 0.964. The number of carboxylic acids is 1. The van der Waals surface area contributed by atoms with Crippen LogP contribution >= 0.6 is 0 Å². The zero-order valence-electron chi connectivity index (χ0n) is 36.5. The largest absolute Gasteiger partial charge is 0.493 e. The lowest BCUT2D eigenvalue weighted by Crippen LogP contribution is -2.54. The van der Waals surface area contributed by atoms with Gasteiger partial charge in [-0.05, 0) is 70.7 Å². The van der Waals surface area contributed by atoms with E-state index in [9.17, 15) is 57.5 Å². The fraction of sp³-hybridized carbons (Fsp3) is 0.455. The fourth-order valence-corrected chi connectivity index (χ4v) is 7.22. The number of nitrogens with zero attached hydrogens (tertiary/aromatic N) is 2. The molecule has 66 heavy (non-hydrogen) atoms. The molecule has 4 heterocycles. The van der Waals surface area contributed by atoms with Crippen molar-refractivity contribution < 1.29 is 76.9 Å². The molecule has 0 aliphatic carbocycles. The van der Waals surface area contributed by atoms with Crippen LogP contribution in [-0.4, -0.2) is 130 Å². The van der Waals surface area contributed by atoms with Gasteiger partial charge < -0.3 is 30.0 Å². The number of piperidine rings is 2. The highest BCUT2D eigenvalue weighted by atomic mass is 16.6. The van der Waals surface area contributed by atoms with Gasteiger partial charge in [-0.3, -0.25) is 78.0 Å². The Morgan fingerprint density at radius 2 is 1.06 bits per heavy atom. The Balaban J connectivity index is 0.000000249. The van der Waals surface area contributed by atoms with Crippen LogP contribution in [0.5, 0.6) is 11.5 Å². The molecule has 22 nitrogen and oxygen atoms in total. The summed E-state index contributed by atoms with van der Waals surface area (Å²) in [7, 11) is 0. The molecular formula is C44H50N6O16. The molecule has 5 N–H and O–H groups in total. The molecular weight excluding hydrogens is 869 g/mol. The molecule has 10 amide bonds. The summed E-state index contributed by atoms with van der Waals surface area (Å²) in [5.74, 6) is -6.48. The standard InChI is InChI=1S/C24H29N3O8.C20H21N3O8/c1-24(2,3)35-19(30)11-12-25-17(28)8-5-13-34-16-7-4-6-14-20(16)23(33)27(22(14)32)15-9-10-18(29)26-21(15)31;24-14(21-9-8-16(26)27)5-2-10-31-13-4-1-3-11-17(13)20(30)23(19(11)29)12-6-7-15(25)22-18(12)28/h4,6-7,15H,5,8-13H2,1-3H3,(H,25,28)(H,26,29,31);1,3-4,12H,2,5-10H2,(H,21,24)(H,26,27)(H,22,25,28). The van der Waals surface area contributed by atoms with Crippen LogP contribution in [0.3, 0.4) is 0 Å². The maximum atomic E-state index is 13.0. The maximum Gasteiger partial charge on any atom is 0.308 e. The number of esters is 1. The molecule has 2 aromatic carbocycles. The van der Waals surface area contributed by atoms with E-state index < -0.39 is 76.9 Å². The monoisotopic (exact) mass is 918 g/mol. The predicted octanol–water partition coefficient (Wildman–Crippen LogP) is 0.933. The molecule has 0 aromatic heterocycles. The zero-order chi connectivity index (χ0) is 48.3. The van der Waals surface area contributed by atoms with Gasteiger partial charge >= 0.3 is 11.9 Å². The van der Waals surface area contributed by atoms with E-state index in [1.165, 1.54) is 18.2 Å². The SMILES string of the molecule is CC(C)(C)OC(=O)CCNC(=O)CCCOc1cccc2c1C(=O)N(C1CCC(=O)NC1=O)C2=O.O=C(O)CCNC(=O)CCCOc1cccc2c1C(=O)N(C1CCC(=O)NC1=O)C2=O. The number of amides is 10. The number of benzene rings is 2. The van der Waals surface area contributed by atoms with Gasteiger partial charge in [0.05, 0.1) is 48.3 Å². The van der Waals surface area contributed by atoms with E-state index in [1.54, 1.807) is 39.0 Å². The lowest BCUT2D eigenvalue weighted by atomic mass is 10.0. The first-order chi connectivity index (χ1) is 31.3. The van der Waals surface area contributed by atoms with Crippen LogP contribution in [-0.2, 0) is 43.1 Å². The van der Waals surface area contributed by atoms with Crippen LogP contribution in [0.25, 0.3) is 0 Å². The van der Waals surface area contributed by atoms with Gasteiger partial charge in [-0.2, -0.15) is 0 Å². The first kappa shape index (κ1) is 49.5. The van der Waals surface area contributed by atoms with Crippen molar-refractivity contribution in [1.82, 2.24) is 31.1 Å². The highest BCUT2D eigenvalue weighted by Crippen LogP contribution is 2.35. The minimum atomic E-state index is -1.06. The lowest BCUT2D eigenvalue weighted by molar-refractivity contribution is -0.154. The van der Waals surface area contributed by atoms with Crippen LogP contribution in [0.15, 0.2) is 36.4 Å². The first-order valence-electron chi connectivity index (χ1n) is 21.2. The Hall–Kier alpha value is -7.52. The van der Waals surface area contributed by atoms with E-state index in [-0.39, 0.29) is 123 Å². The summed E-state index contributed by atoms with van der Waals surface area (Å²) in [6.45, 7) is 5.69. The molecule has 0 spiro atoms. The second-order valence-corrected chi connectivity index (χ2v) is 16.3. The normalized spacial score (nSPS) is 17.8. The average molecular weight is 919 g/mol. The molecule has 0 radical (unpaired) electrons. The van der Waals surface area contributed by atoms with Crippen molar-refractivity contribution >= 4 is 71.0 Å². The van der Waals surface area contributed by atoms with Crippen LogP contribution in [0.1, 0.15) is 126 Å². The second kappa shape index (κ2) is 21.9. The van der Waals surface area contributed by atoms with Crippen LogP contribution in [0.4, 0.5) is 0 Å². The molecule has 2 saturated heterocycles. The van der Waals surface area contributed by atoms with E-state index in [2.05, 4.69) is 21.3 Å². The van der Waals surface area contributed by atoms with Gasteiger partial charge in [-0.1, -0.05) is 12.1 Å². The summed E-state index contributed by atoms with van der Waals surface area (Å²) in [5, 5.41) is 18.0. The van der Waals surface area contributed by atoms with Crippen molar-refractivity contribution in [2.75, 3.05) is 26.3 Å². The van der Waals surface area contributed by atoms with Gasteiger partial charge in [0.1, 0.15) is 29.2 Å². The number of fused-ring (bicyclic) bond motifs is 2. The number of carbonyl (C=O) groups excluding carboxylic acids is 11. The van der Waals surface area contributed by atoms with Crippen LogP contribution < -0.4 is 30.7 Å². The Kier molecular flexibility index (Phi) is 16.4. The lowest BCUT2D eigenvalue weighted by Gasteiger charge is -2.27. The van der Waals surface area contributed by atoms with E-state index in [1.807, 2.05) is 0 Å². The molecule has 4 aliphatic heterocycles. The van der Waals surface area contributed by atoms with Crippen molar-refractivity contribution in [2.24, 2.45) is 0 Å². The number of carboxylic acid groups (broad SMARTS) is 1. The third-order valence-corrected chi connectivity index (χ3v) is 10.2. The predicted molar refractivity (Wildman–Crippen MR) is 224 cm³/mol. The summed E-state index contributed by atoms with van der Waals surface area (Å²) >= 11 is 0. The summed E-state index contributed by atoms with van der Waals surface area (Å²) in [6, 6.07) is 6.99. The molecule has 6 rings (SSSR count). The molecule has 4 aliphatic rings. The van der Waals surface area contributed by atoms with Crippen LogP contribution in [0, 0.1) is 0 Å². The fourth-order valence-electron chi connectivity index (χ4n) is 7.22. The Bertz CT molecular complexity index is 2340. The Morgan fingerprint density at radius 3 is 1.45 bits per heavy atom. The number of nitrogens with one attached hydrogen (secondary N) is 4. The molecule has 22 heteroatoms. The van der Waals surface area contributed by atoms with E-state index in [4.69, 9.17) is 19.3 Å². The number of rotatable bonds is 18. The average Bonchev–Trinajstić information content (AvgIpc) is 3.65. The Morgan fingerprint density at radius 1 is 0.636 bits per heavy atom. The van der Waals surface area contributed by atoms with Gasteiger partial charge in [-0.25, -0.2) is 0 Å². The summed E-state index contributed by atoms with van der Waals surface area (Å²) < 4.78 is 16.5. The van der Waals surface area contributed by atoms with Crippen molar-refractivity contribution in [2.45, 2.75) is 103 Å². The van der Waals surface area contributed by atoms with E-state index in [0.29, 0.717) is 12.8 Å².